The van der Waals surface area contributed by atoms with Crippen LogP contribution in [0, 0.1) is 24.7 Å². The Morgan fingerprint density at radius 3 is 2.15 bits per heavy atom. The molecule has 0 radical (unpaired) electrons. The van der Waals surface area contributed by atoms with E-state index in [0.29, 0.717) is 41.3 Å². The minimum absolute atomic E-state index is 0.0706. The van der Waals surface area contributed by atoms with Crippen LogP contribution in [0.25, 0.3) is 0 Å². The smallest absolute Gasteiger partial charge is 0.256 e. The minimum Gasteiger partial charge on any atom is -0.360 e. The SMILES string of the molecule is Cc1noc(C(C)C)c1C(=O)NCC(C(C)C)C(C)C. The standard InChI is InChI=1S/C16H28N2O2/c1-9(2)13(10(3)4)8-17-16(19)14-12(7)18-20-15(14)11(5)6/h9-11,13H,8H2,1-7H3,(H,17,19). The molecule has 1 aromatic rings. The van der Waals surface area contributed by atoms with Gasteiger partial charge in [-0.3, -0.25) is 4.79 Å². The average molecular weight is 280 g/mol. The van der Waals surface area contributed by atoms with Crippen molar-refractivity contribution in [3.05, 3.63) is 17.0 Å². The molecule has 0 aliphatic rings. The summed E-state index contributed by atoms with van der Waals surface area (Å²) in [5, 5.41) is 6.97. The van der Waals surface area contributed by atoms with Gasteiger partial charge in [0.2, 0.25) is 0 Å². The first kappa shape index (κ1) is 16.7. The molecule has 0 aliphatic heterocycles. The average Bonchev–Trinajstić information content (AvgIpc) is 2.70. The molecule has 0 bridgehead atoms. The van der Waals surface area contributed by atoms with E-state index < -0.39 is 0 Å². The first-order chi connectivity index (χ1) is 9.25. The van der Waals surface area contributed by atoms with Gasteiger partial charge in [0.1, 0.15) is 5.56 Å². The lowest BCUT2D eigenvalue weighted by atomic mass is 9.85. The Morgan fingerprint density at radius 1 is 1.15 bits per heavy atom. The third-order valence-electron chi connectivity index (χ3n) is 3.85. The maximum atomic E-state index is 12.4. The fourth-order valence-electron chi connectivity index (χ4n) is 2.60. The summed E-state index contributed by atoms with van der Waals surface area (Å²) in [7, 11) is 0. The first-order valence-electron chi connectivity index (χ1n) is 7.50. The van der Waals surface area contributed by atoms with Crippen LogP contribution in [0.15, 0.2) is 4.52 Å². The zero-order valence-electron chi connectivity index (χ0n) is 13.8. The molecule has 0 aliphatic carbocycles. The van der Waals surface area contributed by atoms with Crippen molar-refractivity contribution >= 4 is 5.91 Å². The Bertz CT molecular complexity index is 439. The number of nitrogens with zero attached hydrogens (tertiary/aromatic N) is 1. The molecule has 0 saturated heterocycles. The van der Waals surface area contributed by atoms with Gasteiger partial charge in [-0.15, -0.1) is 0 Å². The van der Waals surface area contributed by atoms with Gasteiger partial charge in [-0.1, -0.05) is 46.7 Å². The molecule has 1 heterocycles. The van der Waals surface area contributed by atoms with Gasteiger partial charge in [0.15, 0.2) is 5.76 Å². The van der Waals surface area contributed by atoms with Crippen molar-refractivity contribution in [1.82, 2.24) is 10.5 Å². The van der Waals surface area contributed by atoms with Gasteiger partial charge in [-0.25, -0.2) is 0 Å². The van der Waals surface area contributed by atoms with Gasteiger partial charge in [0, 0.05) is 12.5 Å². The summed E-state index contributed by atoms with van der Waals surface area (Å²) < 4.78 is 5.27. The van der Waals surface area contributed by atoms with E-state index in [0.717, 1.165) is 0 Å². The molecule has 1 rings (SSSR count). The van der Waals surface area contributed by atoms with Gasteiger partial charge >= 0.3 is 0 Å². The topological polar surface area (TPSA) is 55.1 Å². The first-order valence-corrected chi connectivity index (χ1v) is 7.50. The monoisotopic (exact) mass is 280 g/mol. The Kier molecular flexibility index (Phi) is 5.78. The molecule has 0 atom stereocenters. The number of aromatic nitrogens is 1. The summed E-state index contributed by atoms with van der Waals surface area (Å²) in [5.41, 5.74) is 1.27. The zero-order chi connectivity index (χ0) is 15.4. The molecule has 0 aromatic carbocycles. The number of carbonyl (C=O) groups is 1. The summed E-state index contributed by atoms with van der Waals surface area (Å²) in [6.45, 7) is 15.3. The molecule has 20 heavy (non-hydrogen) atoms. The molecule has 114 valence electrons. The molecule has 4 heteroatoms. The van der Waals surface area contributed by atoms with Crippen molar-refractivity contribution in [3.63, 3.8) is 0 Å². The summed E-state index contributed by atoms with van der Waals surface area (Å²) in [6.07, 6.45) is 0. The zero-order valence-corrected chi connectivity index (χ0v) is 13.8. The highest BCUT2D eigenvalue weighted by Crippen LogP contribution is 2.23. The Hall–Kier alpha value is -1.32. The fourth-order valence-corrected chi connectivity index (χ4v) is 2.60. The van der Waals surface area contributed by atoms with Crippen LogP contribution in [0.2, 0.25) is 0 Å². The molecular formula is C16H28N2O2. The Balaban J connectivity index is 2.79. The molecule has 1 amide bonds. The predicted molar refractivity (Wildman–Crippen MR) is 80.8 cm³/mol. The van der Waals surface area contributed by atoms with E-state index in [-0.39, 0.29) is 11.8 Å². The summed E-state index contributed by atoms with van der Waals surface area (Å²) in [6, 6.07) is 0. The van der Waals surface area contributed by atoms with Crippen molar-refractivity contribution in [2.45, 2.75) is 54.4 Å². The number of rotatable bonds is 6. The van der Waals surface area contributed by atoms with Crippen LogP contribution in [0.5, 0.6) is 0 Å². The third-order valence-corrected chi connectivity index (χ3v) is 3.85. The van der Waals surface area contributed by atoms with E-state index >= 15 is 0 Å². The second-order valence-electron chi connectivity index (χ2n) is 6.52. The van der Waals surface area contributed by atoms with Crippen molar-refractivity contribution in [2.24, 2.45) is 17.8 Å². The molecule has 4 nitrogen and oxygen atoms in total. The Labute approximate surface area is 122 Å². The second kappa shape index (κ2) is 6.91. The van der Waals surface area contributed by atoms with E-state index in [4.69, 9.17) is 4.52 Å². The predicted octanol–water partition coefficient (Wildman–Crippen LogP) is 3.76. The van der Waals surface area contributed by atoms with Gasteiger partial charge < -0.3 is 9.84 Å². The maximum Gasteiger partial charge on any atom is 0.256 e. The number of amides is 1. The normalized spacial score (nSPS) is 11.9. The van der Waals surface area contributed by atoms with Crippen molar-refractivity contribution in [2.75, 3.05) is 6.54 Å². The molecule has 1 aromatic heterocycles. The molecule has 0 saturated carbocycles. The van der Waals surface area contributed by atoms with Crippen molar-refractivity contribution in [1.29, 1.82) is 0 Å². The van der Waals surface area contributed by atoms with Gasteiger partial charge in [0.05, 0.1) is 5.69 Å². The van der Waals surface area contributed by atoms with Gasteiger partial charge in [0.25, 0.3) is 5.91 Å². The molecule has 1 N–H and O–H groups in total. The lowest BCUT2D eigenvalue weighted by molar-refractivity contribution is 0.0934. The van der Waals surface area contributed by atoms with Crippen LogP contribution >= 0.6 is 0 Å². The van der Waals surface area contributed by atoms with E-state index in [2.05, 4.69) is 38.2 Å². The minimum atomic E-state index is -0.0706. The highest BCUT2D eigenvalue weighted by molar-refractivity contribution is 5.96. The number of aryl methyl sites for hydroxylation is 1. The number of hydrogen-bond acceptors (Lipinski definition) is 3. The quantitative estimate of drug-likeness (QED) is 0.863. The highest BCUT2D eigenvalue weighted by atomic mass is 16.5. The van der Waals surface area contributed by atoms with Gasteiger partial charge in [-0.2, -0.15) is 0 Å². The lowest BCUT2D eigenvalue weighted by Gasteiger charge is -2.25. The van der Waals surface area contributed by atoms with Crippen LogP contribution < -0.4 is 5.32 Å². The van der Waals surface area contributed by atoms with E-state index in [9.17, 15) is 4.79 Å². The van der Waals surface area contributed by atoms with E-state index in [1.807, 2.05) is 20.8 Å². The van der Waals surface area contributed by atoms with E-state index in [1.165, 1.54) is 0 Å². The van der Waals surface area contributed by atoms with Crippen molar-refractivity contribution < 1.29 is 9.32 Å². The molecule has 0 unspecified atom stereocenters. The van der Waals surface area contributed by atoms with Gasteiger partial charge in [-0.05, 0) is 24.7 Å². The van der Waals surface area contributed by atoms with Crippen LogP contribution in [0.4, 0.5) is 0 Å². The number of carbonyl (C=O) groups excluding carboxylic acids is 1. The van der Waals surface area contributed by atoms with Crippen LogP contribution in [0.3, 0.4) is 0 Å². The molecule has 0 spiro atoms. The van der Waals surface area contributed by atoms with Crippen molar-refractivity contribution in [3.8, 4) is 0 Å². The van der Waals surface area contributed by atoms with Crippen LogP contribution in [0.1, 0.15) is 69.3 Å². The largest absolute Gasteiger partial charge is 0.360 e. The molecular weight excluding hydrogens is 252 g/mol. The van der Waals surface area contributed by atoms with Crippen LogP contribution in [-0.2, 0) is 0 Å². The Morgan fingerprint density at radius 2 is 1.70 bits per heavy atom. The summed E-state index contributed by atoms with van der Waals surface area (Å²) >= 11 is 0. The highest BCUT2D eigenvalue weighted by Gasteiger charge is 2.24. The summed E-state index contributed by atoms with van der Waals surface area (Å²) in [5.74, 6) is 2.32. The maximum absolute atomic E-state index is 12.4. The summed E-state index contributed by atoms with van der Waals surface area (Å²) in [4.78, 5) is 12.4. The van der Waals surface area contributed by atoms with Crippen LogP contribution in [-0.4, -0.2) is 17.6 Å². The van der Waals surface area contributed by atoms with E-state index in [1.54, 1.807) is 0 Å². The lowest BCUT2D eigenvalue weighted by Crippen LogP contribution is -2.34. The third kappa shape index (κ3) is 3.84. The number of nitrogens with one attached hydrogen (secondary N) is 1. The number of hydrogen-bond donors (Lipinski definition) is 1. The second-order valence-corrected chi connectivity index (χ2v) is 6.52. The molecule has 0 fully saturated rings. The fraction of sp³-hybridized carbons (Fsp3) is 0.750.